The van der Waals surface area contributed by atoms with Gasteiger partial charge in [-0.05, 0) is 26.0 Å². The molecule has 2 aromatic rings. The van der Waals surface area contributed by atoms with Crippen molar-refractivity contribution in [3.63, 3.8) is 0 Å². The van der Waals surface area contributed by atoms with Crippen LogP contribution in [0, 0.1) is 19.7 Å². The van der Waals surface area contributed by atoms with E-state index >= 15 is 0 Å². The van der Waals surface area contributed by atoms with Gasteiger partial charge in [0.25, 0.3) is 5.56 Å². The standard InChI is InChI=1S/C10H9FN2O/c1-5-3-7-8(11)4-6(2)12-9(7)13-10(5)14/h3-4H,1-2H3,(H,12,13,14). The number of hydrogen-bond acceptors (Lipinski definition) is 2. The third kappa shape index (κ3) is 1.28. The van der Waals surface area contributed by atoms with Crippen molar-refractivity contribution >= 4 is 11.0 Å². The lowest BCUT2D eigenvalue weighted by atomic mass is 10.2. The van der Waals surface area contributed by atoms with Gasteiger partial charge in [-0.1, -0.05) is 0 Å². The van der Waals surface area contributed by atoms with Crippen LogP contribution in [0.15, 0.2) is 16.9 Å². The Morgan fingerprint density at radius 1 is 1.36 bits per heavy atom. The first-order valence-electron chi connectivity index (χ1n) is 4.25. The number of fused-ring (bicyclic) bond motifs is 1. The van der Waals surface area contributed by atoms with Crippen molar-refractivity contribution in [3.8, 4) is 0 Å². The van der Waals surface area contributed by atoms with Gasteiger partial charge in [0, 0.05) is 11.3 Å². The van der Waals surface area contributed by atoms with Crippen LogP contribution in [0.5, 0.6) is 0 Å². The Balaban J connectivity index is 2.96. The van der Waals surface area contributed by atoms with E-state index in [0.717, 1.165) is 0 Å². The molecule has 4 heteroatoms. The van der Waals surface area contributed by atoms with Crippen LogP contribution in [-0.2, 0) is 0 Å². The van der Waals surface area contributed by atoms with Gasteiger partial charge in [0.05, 0.1) is 5.39 Å². The van der Waals surface area contributed by atoms with Gasteiger partial charge in [-0.15, -0.1) is 0 Å². The van der Waals surface area contributed by atoms with Crippen molar-refractivity contribution < 1.29 is 4.39 Å². The normalized spacial score (nSPS) is 10.8. The molecule has 0 aliphatic heterocycles. The molecule has 3 nitrogen and oxygen atoms in total. The van der Waals surface area contributed by atoms with Gasteiger partial charge in [0.1, 0.15) is 11.5 Å². The third-order valence-corrected chi connectivity index (χ3v) is 2.09. The molecule has 0 amide bonds. The summed E-state index contributed by atoms with van der Waals surface area (Å²) in [5.74, 6) is -0.355. The summed E-state index contributed by atoms with van der Waals surface area (Å²) in [7, 11) is 0. The number of nitrogens with one attached hydrogen (secondary N) is 1. The van der Waals surface area contributed by atoms with E-state index < -0.39 is 0 Å². The number of H-pyrrole nitrogens is 1. The maximum atomic E-state index is 13.4. The highest BCUT2D eigenvalue weighted by Gasteiger charge is 2.05. The molecule has 0 radical (unpaired) electrons. The van der Waals surface area contributed by atoms with Crippen molar-refractivity contribution in [1.82, 2.24) is 9.97 Å². The molecular weight excluding hydrogens is 183 g/mol. The van der Waals surface area contributed by atoms with Crippen LogP contribution < -0.4 is 5.56 Å². The zero-order valence-corrected chi connectivity index (χ0v) is 7.89. The first-order chi connectivity index (χ1) is 6.58. The number of pyridine rings is 2. The van der Waals surface area contributed by atoms with E-state index in [2.05, 4.69) is 9.97 Å². The number of aromatic amines is 1. The molecule has 14 heavy (non-hydrogen) atoms. The fourth-order valence-corrected chi connectivity index (χ4v) is 1.36. The third-order valence-electron chi connectivity index (χ3n) is 2.09. The summed E-state index contributed by atoms with van der Waals surface area (Å²) in [5.41, 5.74) is 1.12. The number of aromatic nitrogens is 2. The fraction of sp³-hybridized carbons (Fsp3) is 0.200. The number of rotatable bonds is 0. The lowest BCUT2D eigenvalue weighted by Crippen LogP contribution is -2.10. The van der Waals surface area contributed by atoms with Crippen molar-refractivity contribution in [2.75, 3.05) is 0 Å². The van der Waals surface area contributed by atoms with Crippen LogP contribution in [0.25, 0.3) is 11.0 Å². The molecule has 72 valence electrons. The van der Waals surface area contributed by atoms with Crippen molar-refractivity contribution in [2.45, 2.75) is 13.8 Å². The van der Waals surface area contributed by atoms with Crippen LogP contribution in [0.4, 0.5) is 4.39 Å². The van der Waals surface area contributed by atoms with E-state index in [1.54, 1.807) is 13.8 Å². The zero-order valence-electron chi connectivity index (χ0n) is 7.89. The molecule has 2 rings (SSSR count). The van der Waals surface area contributed by atoms with E-state index in [4.69, 9.17) is 0 Å². The summed E-state index contributed by atoms with van der Waals surface area (Å²) in [4.78, 5) is 17.8. The van der Waals surface area contributed by atoms with Gasteiger partial charge in [-0.3, -0.25) is 4.79 Å². The highest BCUT2D eigenvalue weighted by Crippen LogP contribution is 2.14. The maximum absolute atomic E-state index is 13.4. The van der Waals surface area contributed by atoms with Crippen molar-refractivity contribution in [1.29, 1.82) is 0 Å². The monoisotopic (exact) mass is 192 g/mol. The number of hydrogen-bond donors (Lipinski definition) is 1. The lowest BCUT2D eigenvalue weighted by Gasteiger charge is -2.01. The minimum atomic E-state index is -0.355. The quantitative estimate of drug-likeness (QED) is 0.690. The van der Waals surface area contributed by atoms with E-state index in [0.29, 0.717) is 22.3 Å². The van der Waals surface area contributed by atoms with Gasteiger partial charge in [0.15, 0.2) is 0 Å². The Labute approximate surface area is 79.6 Å². The first kappa shape index (κ1) is 8.87. The highest BCUT2D eigenvalue weighted by molar-refractivity contribution is 5.75. The number of aryl methyl sites for hydroxylation is 2. The minimum Gasteiger partial charge on any atom is -0.306 e. The second kappa shape index (κ2) is 2.90. The van der Waals surface area contributed by atoms with Gasteiger partial charge in [0.2, 0.25) is 0 Å². The molecule has 2 aromatic heterocycles. The zero-order chi connectivity index (χ0) is 10.3. The predicted octanol–water partition coefficient (Wildman–Crippen LogP) is 1.68. The summed E-state index contributed by atoms with van der Waals surface area (Å²) >= 11 is 0. The Hall–Kier alpha value is -1.71. The SMILES string of the molecule is Cc1cc(F)c2cc(C)c(=O)[nH]c2n1. The smallest absolute Gasteiger partial charge is 0.252 e. The summed E-state index contributed by atoms with van der Waals surface area (Å²) in [6.07, 6.45) is 0. The van der Waals surface area contributed by atoms with Gasteiger partial charge < -0.3 is 4.98 Å². The van der Waals surface area contributed by atoms with Crippen LogP contribution in [0.3, 0.4) is 0 Å². The van der Waals surface area contributed by atoms with E-state index in [-0.39, 0.29) is 11.4 Å². The molecular formula is C10H9FN2O. The second-order valence-corrected chi connectivity index (χ2v) is 3.29. The Morgan fingerprint density at radius 2 is 2.07 bits per heavy atom. The van der Waals surface area contributed by atoms with Crippen molar-refractivity contribution in [2.24, 2.45) is 0 Å². The summed E-state index contributed by atoms with van der Waals surface area (Å²) in [6, 6.07) is 2.86. The Bertz CT molecular complexity index is 560. The van der Waals surface area contributed by atoms with Crippen LogP contribution in [0.1, 0.15) is 11.3 Å². The number of nitrogens with zero attached hydrogens (tertiary/aromatic N) is 1. The van der Waals surface area contributed by atoms with Gasteiger partial charge in [-0.2, -0.15) is 0 Å². The average molecular weight is 192 g/mol. The molecule has 0 aliphatic carbocycles. The molecule has 0 aromatic carbocycles. The van der Waals surface area contributed by atoms with Crippen LogP contribution in [-0.4, -0.2) is 9.97 Å². The molecule has 0 spiro atoms. The maximum Gasteiger partial charge on any atom is 0.252 e. The number of halogens is 1. The predicted molar refractivity (Wildman–Crippen MR) is 51.8 cm³/mol. The van der Waals surface area contributed by atoms with E-state index in [1.807, 2.05) is 0 Å². The molecule has 0 saturated carbocycles. The molecule has 0 unspecified atom stereocenters. The van der Waals surface area contributed by atoms with Gasteiger partial charge >= 0.3 is 0 Å². The van der Waals surface area contributed by atoms with Crippen LogP contribution >= 0.6 is 0 Å². The largest absolute Gasteiger partial charge is 0.306 e. The van der Waals surface area contributed by atoms with E-state index in [1.165, 1.54) is 12.1 Å². The summed E-state index contributed by atoms with van der Waals surface area (Å²) in [6.45, 7) is 3.32. The molecule has 2 heterocycles. The Morgan fingerprint density at radius 3 is 2.79 bits per heavy atom. The Kier molecular flexibility index (Phi) is 1.84. The highest BCUT2D eigenvalue weighted by atomic mass is 19.1. The molecule has 0 saturated heterocycles. The summed E-state index contributed by atoms with van der Waals surface area (Å²) in [5, 5.41) is 0.354. The first-order valence-corrected chi connectivity index (χ1v) is 4.25. The fourth-order valence-electron chi connectivity index (χ4n) is 1.36. The average Bonchev–Trinajstić information content (AvgIpc) is 2.08. The topological polar surface area (TPSA) is 45.8 Å². The molecule has 0 fully saturated rings. The minimum absolute atomic E-state index is 0.227. The lowest BCUT2D eigenvalue weighted by molar-refractivity contribution is 0.636. The van der Waals surface area contributed by atoms with Gasteiger partial charge in [-0.25, -0.2) is 9.37 Å². The molecule has 0 bridgehead atoms. The molecule has 0 atom stereocenters. The molecule has 1 N–H and O–H groups in total. The molecule has 0 aliphatic rings. The second-order valence-electron chi connectivity index (χ2n) is 3.29. The van der Waals surface area contributed by atoms with Crippen LogP contribution in [0.2, 0.25) is 0 Å². The van der Waals surface area contributed by atoms with Crippen molar-refractivity contribution in [3.05, 3.63) is 39.6 Å². The van der Waals surface area contributed by atoms with E-state index in [9.17, 15) is 9.18 Å². The summed E-state index contributed by atoms with van der Waals surface area (Å²) < 4.78 is 13.4.